The van der Waals surface area contributed by atoms with Crippen LogP contribution in [0, 0.1) is 0 Å². The third-order valence-electron chi connectivity index (χ3n) is 1.74. The van der Waals surface area contributed by atoms with Crippen LogP contribution in [0.3, 0.4) is 0 Å². The quantitative estimate of drug-likeness (QED) is 0.866. The van der Waals surface area contributed by atoms with Crippen molar-refractivity contribution in [1.29, 1.82) is 0 Å². The Hall–Kier alpha value is -1.85. The molecule has 0 aliphatic heterocycles. The van der Waals surface area contributed by atoms with Crippen LogP contribution in [-0.2, 0) is 4.74 Å². The molecule has 1 amide bonds. The van der Waals surface area contributed by atoms with E-state index in [2.05, 4.69) is 10.1 Å². The fraction of sp³-hybridized carbons (Fsp3) is 0.364. The number of carbonyl (C=O) groups excluding carboxylic acids is 1. The highest BCUT2D eigenvalue weighted by Crippen LogP contribution is 2.19. The molecule has 0 bridgehead atoms. The summed E-state index contributed by atoms with van der Waals surface area (Å²) in [4.78, 5) is 11.2. The first-order chi connectivity index (χ1) is 8.11. The fourth-order valence-corrected chi connectivity index (χ4v) is 1.10. The van der Waals surface area contributed by atoms with E-state index in [9.17, 15) is 13.6 Å². The second-order valence-electron chi connectivity index (χ2n) is 3.17. The molecule has 0 unspecified atom stereocenters. The van der Waals surface area contributed by atoms with Gasteiger partial charge in [0.1, 0.15) is 5.75 Å². The molecule has 0 atom stereocenters. The molecule has 0 saturated carbocycles. The van der Waals surface area contributed by atoms with Crippen LogP contribution in [0.1, 0.15) is 13.3 Å². The van der Waals surface area contributed by atoms with E-state index in [0.29, 0.717) is 18.7 Å². The number of nitrogens with one attached hydrogen (secondary N) is 1. The van der Waals surface area contributed by atoms with Gasteiger partial charge in [-0.3, -0.25) is 5.32 Å². The normalized spacial score (nSPS) is 10.1. The summed E-state index contributed by atoms with van der Waals surface area (Å²) in [5.74, 6) is -0.0201. The minimum atomic E-state index is -2.89. The van der Waals surface area contributed by atoms with Gasteiger partial charge in [0, 0.05) is 11.8 Å². The Balaban J connectivity index is 2.56. The molecule has 1 rings (SSSR count). The minimum absolute atomic E-state index is 0.0201. The smallest absolute Gasteiger partial charge is 0.411 e. The van der Waals surface area contributed by atoms with Crippen molar-refractivity contribution in [1.82, 2.24) is 0 Å². The molecule has 4 nitrogen and oxygen atoms in total. The highest BCUT2D eigenvalue weighted by atomic mass is 19.3. The van der Waals surface area contributed by atoms with Gasteiger partial charge >= 0.3 is 12.7 Å². The van der Waals surface area contributed by atoms with Crippen LogP contribution in [0.2, 0.25) is 0 Å². The SMILES string of the molecule is CCCOC(=O)Nc1cccc(OC(F)F)c1. The van der Waals surface area contributed by atoms with Gasteiger partial charge in [-0.05, 0) is 18.6 Å². The third kappa shape index (κ3) is 5.14. The van der Waals surface area contributed by atoms with Crippen LogP contribution in [0.15, 0.2) is 24.3 Å². The molecule has 0 heterocycles. The van der Waals surface area contributed by atoms with Crippen LogP contribution >= 0.6 is 0 Å². The highest BCUT2D eigenvalue weighted by Gasteiger charge is 2.06. The molecule has 17 heavy (non-hydrogen) atoms. The van der Waals surface area contributed by atoms with Crippen molar-refractivity contribution in [3.05, 3.63) is 24.3 Å². The van der Waals surface area contributed by atoms with Gasteiger partial charge in [0.2, 0.25) is 0 Å². The molecule has 0 saturated heterocycles. The summed E-state index contributed by atoms with van der Waals surface area (Å²) in [7, 11) is 0. The monoisotopic (exact) mass is 245 g/mol. The largest absolute Gasteiger partial charge is 0.449 e. The number of hydrogen-bond acceptors (Lipinski definition) is 3. The summed E-state index contributed by atoms with van der Waals surface area (Å²) in [6.45, 7) is -0.721. The fourth-order valence-electron chi connectivity index (χ4n) is 1.10. The van der Waals surface area contributed by atoms with Crippen molar-refractivity contribution < 1.29 is 23.0 Å². The Morgan fingerprint density at radius 3 is 2.88 bits per heavy atom. The lowest BCUT2D eigenvalue weighted by Crippen LogP contribution is -2.14. The zero-order chi connectivity index (χ0) is 12.7. The summed E-state index contributed by atoms with van der Waals surface area (Å²) in [5.41, 5.74) is 0.337. The lowest BCUT2D eigenvalue weighted by molar-refractivity contribution is -0.0497. The molecular weight excluding hydrogens is 232 g/mol. The van der Waals surface area contributed by atoms with E-state index in [1.165, 1.54) is 18.2 Å². The number of anilines is 1. The average molecular weight is 245 g/mol. The predicted octanol–water partition coefficient (Wildman–Crippen LogP) is 3.25. The Kier molecular flexibility index (Phi) is 5.19. The number of hydrogen-bond donors (Lipinski definition) is 1. The van der Waals surface area contributed by atoms with Crippen molar-refractivity contribution in [3.8, 4) is 5.75 Å². The van der Waals surface area contributed by atoms with Crippen LogP contribution in [0.5, 0.6) is 5.75 Å². The van der Waals surface area contributed by atoms with Crippen molar-refractivity contribution >= 4 is 11.8 Å². The van der Waals surface area contributed by atoms with Crippen LogP contribution in [0.25, 0.3) is 0 Å². The predicted molar refractivity (Wildman–Crippen MR) is 58.3 cm³/mol. The summed E-state index contributed by atoms with van der Waals surface area (Å²) in [6, 6.07) is 5.70. The zero-order valence-corrected chi connectivity index (χ0v) is 9.28. The Morgan fingerprint density at radius 1 is 1.47 bits per heavy atom. The van der Waals surface area contributed by atoms with Gasteiger partial charge in [0.05, 0.1) is 6.61 Å². The van der Waals surface area contributed by atoms with E-state index in [4.69, 9.17) is 4.74 Å². The molecule has 94 valence electrons. The average Bonchev–Trinajstić information content (AvgIpc) is 2.26. The molecule has 1 N–H and O–H groups in total. The number of rotatable bonds is 5. The number of carbonyl (C=O) groups is 1. The first-order valence-corrected chi connectivity index (χ1v) is 5.10. The van der Waals surface area contributed by atoms with Crippen molar-refractivity contribution in [3.63, 3.8) is 0 Å². The van der Waals surface area contributed by atoms with E-state index in [1.54, 1.807) is 6.07 Å². The van der Waals surface area contributed by atoms with Crippen LogP contribution in [0.4, 0.5) is 19.3 Å². The topological polar surface area (TPSA) is 47.6 Å². The highest BCUT2D eigenvalue weighted by molar-refractivity contribution is 5.84. The Morgan fingerprint density at radius 2 is 2.24 bits per heavy atom. The summed E-state index contributed by atoms with van der Waals surface area (Å²) in [5, 5.41) is 2.40. The second kappa shape index (κ2) is 6.67. The number of benzene rings is 1. The number of alkyl halides is 2. The number of halogens is 2. The van der Waals surface area contributed by atoms with Gasteiger partial charge in [0.15, 0.2) is 0 Å². The van der Waals surface area contributed by atoms with Gasteiger partial charge in [-0.1, -0.05) is 13.0 Å². The summed E-state index contributed by atoms with van der Waals surface area (Å²) >= 11 is 0. The van der Waals surface area contributed by atoms with Crippen molar-refractivity contribution in [2.45, 2.75) is 20.0 Å². The first kappa shape index (κ1) is 13.2. The molecular formula is C11H13F2NO3. The first-order valence-electron chi connectivity index (χ1n) is 5.10. The van der Waals surface area contributed by atoms with E-state index >= 15 is 0 Å². The lowest BCUT2D eigenvalue weighted by Gasteiger charge is -2.08. The maximum atomic E-state index is 11.9. The number of amides is 1. The van der Waals surface area contributed by atoms with E-state index in [-0.39, 0.29) is 5.75 Å². The minimum Gasteiger partial charge on any atom is -0.449 e. The summed E-state index contributed by atoms with van der Waals surface area (Å²) < 4.78 is 32.9. The maximum absolute atomic E-state index is 11.9. The Labute approximate surface area is 97.5 Å². The van der Waals surface area contributed by atoms with Crippen LogP contribution in [-0.4, -0.2) is 19.3 Å². The lowest BCUT2D eigenvalue weighted by atomic mass is 10.3. The molecule has 0 aliphatic carbocycles. The number of ether oxygens (including phenoxy) is 2. The van der Waals surface area contributed by atoms with E-state index in [0.717, 1.165) is 0 Å². The summed E-state index contributed by atoms with van der Waals surface area (Å²) in [6.07, 6.45) is 0.0862. The standard InChI is InChI=1S/C11H13F2NO3/c1-2-6-16-11(15)14-8-4-3-5-9(7-8)17-10(12)13/h3-5,7,10H,2,6H2,1H3,(H,14,15). The van der Waals surface area contributed by atoms with Gasteiger partial charge < -0.3 is 9.47 Å². The third-order valence-corrected chi connectivity index (χ3v) is 1.74. The molecule has 0 radical (unpaired) electrons. The molecule has 0 aromatic heterocycles. The van der Waals surface area contributed by atoms with E-state index in [1.807, 2.05) is 6.92 Å². The molecule has 1 aromatic carbocycles. The van der Waals surface area contributed by atoms with Crippen molar-refractivity contribution in [2.75, 3.05) is 11.9 Å². The van der Waals surface area contributed by atoms with E-state index < -0.39 is 12.7 Å². The molecule has 6 heteroatoms. The molecule has 1 aromatic rings. The molecule has 0 aliphatic rings. The van der Waals surface area contributed by atoms with Gasteiger partial charge in [-0.15, -0.1) is 0 Å². The van der Waals surface area contributed by atoms with Crippen molar-refractivity contribution in [2.24, 2.45) is 0 Å². The zero-order valence-electron chi connectivity index (χ0n) is 9.28. The van der Waals surface area contributed by atoms with Gasteiger partial charge in [0.25, 0.3) is 0 Å². The molecule has 0 spiro atoms. The van der Waals surface area contributed by atoms with Crippen LogP contribution < -0.4 is 10.1 Å². The van der Waals surface area contributed by atoms with Gasteiger partial charge in [-0.2, -0.15) is 8.78 Å². The maximum Gasteiger partial charge on any atom is 0.411 e. The Bertz CT molecular complexity index is 371. The van der Waals surface area contributed by atoms with Gasteiger partial charge in [-0.25, -0.2) is 4.79 Å². The second-order valence-corrected chi connectivity index (χ2v) is 3.17. The molecule has 0 fully saturated rings.